The number of rotatable bonds is 2. The van der Waals surface area contributed by atoms with Crippen molar-refractivity contribution in [2.75, 3.05) is 13.1 Å². The van der Waals surface area contributed by atoms with Crippen LogP contribution in [0.2, 0.25) is 0 Å². The van der Waals surface area contributed by atoms with Crippen LogP contribution < -0.4 is 5.32 Å². The van der Waals surface area contributed by atoms with Crippen molar-refractivity contribution in [1.82, 2.24) is 10.2 Å². The lowest BCUT2D eigenvalue weighted by molar-refractivity contribution is 0.134. The van der Waals surface area contributed by atoms with Crippen LogP contribution in [0, 0.1) is 0 Å². The van der Waals surface area contributed by atoms with E-state index >= 15 is 0 Å². The number of carbonyl (C=O) groups is 2. The van der Waals surface area contributed by atoms with Crippen molar-refractivity contribution < 1.29 is 14.3 Å². The van der Waals surface area contributed by atoms with Gasteiger partial charge in [-0.05, 0) is 12.5 Å². The van der Waals surface area contributed by atoms with Crippen LogP contribution >= 0.6 is 0 Å². The fourth-order valence-corrected chi connectivity index (χ4v) is 1.72. The highest BCUT2D eigenvalue weighted by Crippen LogP contribution is 2.25. The molecular weight excluding hydrogens is 220 g/mol. The fraction of sp³-hybridized carbons (Fsp3) is 0.333. The van der Waals surface area contributed by atoms with Gasteiger partial charge < -0.3 is 10.1 Å². The Morgan fingerprint density at radius 2 is 2.18 bits per heavy atom. The first-order chi connectivity index (χ1) is 8.22. The molecule has 1 aliphatic rings. The third-order valence-corrected chi connectivity index (χ3v) is 2.56. The molecule has 0 radical (unpaired) electrons. The first kappa shape index (κ1) is 11.4. The zero-order valence-corrected chi connectivity index (χ0v) is 9.55. The molecule has 3 amide bonds. The summed E-state index contributed by atoms with van der Waals surface area (Å²) in [5.41, 5.74) is 0.896. The molecule has 0 spiro atoms. The smallest absolute Gasteiger partial charge is 0.418 e. The molecule has 0 bridgehead atoms. The number of urea groups is 1. The summed E-state index contributed by atoms with van der Waals surface area (Å²) in [6, 6.07) is 8.98. The lowest BCUT2D eigenvalue weighted by Crippen LogP contribution is -2.40. The van der Waals surface area contributed by atoms with E-state index in [4.69, 9.17) is 4.74 Å². The summed E-state index contributed by atoms with van der Waals surface area (Å²) in [6.45, 7) is 2.54. The third kappa shape index (κ3) is 2.38. The highest BCUT2D eigenvalue weighted by atomic mass is 16.6. The number of nitrogens with zero attached hydrogens (tertiary/aromatic N) is 1. The molecule has 1 saturated heterocycles. The molecule has 17 heavy (non-hydrogen) atoms. The van der Waals surface area contributed by atoms with Gasteiger partial charge in [0.1, 0.15) is 6.10 Å². The number of amides is 3. The Morgan fingerprint density at radius 1 is 1.47 bits per heavy atom. The average Bonchev–Trinajstić information content (AvgIpc) is 2.73. The number of benzene rings is 1. The number of hydrogen-bond donors (Lipinski definition) is 1. The minimum absolute atomic E-state index is 0.259. The maximum absolute atomic E-state index is 11.5. The van der Waals surface area contributed by atoms with Crippen LogP contribution in [0.25, 0.3) is 0 Å². The van der Waals surface area contributed by atoms with E-state index in [1.165, 1.54) is 0 Å². The third-order valence-electron chi connectivity index (χ3n) is 2.56. The first-order valence-electron chi connectivity index (χ1n) is 5.53. The normalized spacial score (nSPS) is 19.0. The minimum Gasteiger partial charge on any atom is -0.439 e. The predicted octanol–water partition coefficient (Wildman–Crippen LogP) is 1.91. The predicted molar refractivity (Wildman–Crippen MR) is 61.4 cm³/mol. The molecule has 1 aromatic carbocycles. The van der Waals surface area contributed by atoms with Crippen molar-refractivity contribution in [2.24, 2.45) is 0 Å². The van der Waals surface area contributed by atoms with Crippen molar-refractivity contribution in [3.8, 4) is 0 Å². The van der Waals surface area contributed by atoms with Gasteiger partial charge in [-0.15, -0.1) is 0 Å². The van der Waals surface area contributed by atoms with Gasteiger partial charge in [0, 0.05) is 6.54 Å². The lowest BCUT2D eigenvalue weighted by Gasteiger charge is -2.11. The summed E-state index contributed by atoms with van der Waals surface area (Å²) in [4.78, 5) is 24.1. The minimum atomic E-state index is -0.593. The van der Waals surface area contributed by atoms with Crippen LogP contribution in [0.3, 0.4) is 0 Å². The molecule has 5 heteroatoms. The van der Waals surface area contributed by atoms with Gasteiger partial charge in [-0.2, -0.15) is 0 Å². The molecular formula is C12H14N2O3. The van der Waals surface area contributed by atoms with Gasteiger partial charge in [-0.3, -0.25) is 0 Å². The van der Waals surface area contributed by atoms with Gasteiger partial charge in [0.25, 0.3) is 0 Å². The summed E-state index contributed by atoms with van der Waals surface area (Å²) in [6.07, 6.45) is -0.962. The second-order valence-electron chi connectivity index (χ2n) is 3.73. The van der Waals surface area contributed by atoms with Gasteiger partial charge in [-0.1, -0.05) is 30.3 Å². The van der Waals surface area contributed by atoms with Crippen molar-refractivity contribution in [2.45, 2.75) is 13.0 Å². The van der Waals surface area contributed by atoms with Crippen LogP contribution in [0.15, 0.2) is 30.3 Å². The van der Waals surface area contributed by atoms with Crippen LogP contribution in [0.5, 0.6) is 0 Å². The monoisotopic (exact) mass is 234 g/mol. The molecule has 0 aliphatic carbocycles. The number of hydrogen-bond acceptors (Lipinski definition) is 3. The van der Waals surface area contributed by atoms with Crippen LogP contribution in [-0.2, 0) is 4.74 Å². The maximum atomic E-state index is 11.5. The second kappa shape index (κ2) is 4.86. The summed E-state index contributed by atoms with van der Waals surface area (Å²) in [7, 11) is 0. The zero-order valence-electron chi connectivity index (χ0n) is 9.55. The van der Waals surface area contributed by atoms with Gasteiger partial charge >= 0.3 is 12.1 Å². The van der Waals surface area contributed by atoms with E-state index in [0.29, 0.717) is 6.54 Å². The van der Waals surface area contributed by atoms with Gasteiger partial charge in [0.2, 0.25) is 0 Å². The molecule has 2 rings (SSSR count). The number of nitrogens with one attached hydrogen (secondary N) is 1. The Hall–Kier alpha value is -2.04. The molecule has 1 N–H and O–H groups in total. The van der Waals surface area contributed by atoms with E-state index in [1.54, 1.807) is 6.92 Å². The molecule has 1 atom stereocenters. The van der Waals surface area contributed by atoms with E-state index in [9.17, 15) is 9.59 Å². The Kier molecular flexibility index (Phi) is 3.27. The highest BCUT2D eigenvalue weighted by molar-refractivity contribution is 5.92. The summed E-state index contributed by atoms with van der Waals surface area (Å²) in [5, 5.41) is 2.58. The average molecular weight is 234 g/mol. The molecule has 5 nitrogen and oxygen atoms in total. The van der Waals surface area contributed by atoms with E-state index in [0.717, 1.165) is 10.5 Å². The largest absolute Gasteiger partial charge is 0.439 e. The summed E-state index contributed by atoms with van der Waals surface area (Å²) < 4.78 is 5.15. The van der Waals surface area contributed by atoms with Crippen LogP contribution in [0.1, 0.15) is 18.6 Å². The zero-order chi connectivity index (χ0) is 12.3. The molecule has 0 saturated carbocycles. The molecule has 90 valence electrons. The van der Waals surface area contributed by atoms with E-state index in [-0.39, 0.29) is 12.6 Å². The van der Waals surface area contributed by atoms with Crippen LogP contribution in [0.4, 0.5) is 9.59 Å². The Bertz CT molecular complexity index is 419. The number of imide groups is 1. The SMILES string of the molecule is CCNC(=O)N1CC(c2ccccc2)OC1=O. The standard InChI is InChI=1S/C12H14N2O3/c1-2-13-11(15)14-8-10(17-12(14)16)9-6-4-3-5-7-9/h3-7,10H,2,8H2,1H3,(H,13,15). The van der Waals surface area contributed by atoms with Gasteiger partial charge in [0.05, 0.1) is 6.54 Å². The Morgan fingerprint density at radius 3 is 2.82 bits per heavy atom. The maximum Gasteiger partial charge on any atom is 0.418 e. The summed E-state index contributed by atoms with van der Waals surface area (Å²) in [5.74, 6) is 0. The Balaban J connectivity index is 2.07. The number of cyclic esters (lactones) is 1. The molecule has 1 aliphatic heterocycles. The number of carbonyl (C=O) groups excluding carboxylic acids is 2. The molecule has 1 aromatic rings. The highest BCUT2D eigenvalue weighted by Gasteiger charge is 2.36. The molecule has 1 fully saturated rings. The van der Waals surface area contributed by atoms with Gasteiger partial charge in [-0.25, -0.2) is 14.5 Å². The van der Waals surface area contributed by atoms with Gasteiger partial charge in [0.15, 0.2) is 0 Å². The Labute approximate surface area is 99.4 Å². The molecule has 0 aromatic heterocycles. The first-order valence-corrected chi connectivity index (χ1v) is 5.53. The second-order valence-corrected chi connectivity index (χ2v) is 3.73. The lowest BCUT2D eigenvalue weighted by atomic mass is 10.1. The van der Waals surface area contributed by atoms with E-state index in [2.05, 4.69) is 5.32 Å². The van der Waals surface area contributed by atoms with E-state index < -0.39 is 12.1 Å². The van der Waals surface area contributed by atoms with Crippen molar-refractivity contribution in [3.63, 3.8) is 0 Å². The van der Waals surface area contributed by atoms with Crippen molar-refractivity contribution >= 4 is 12.1 Å². The van der Waals surface area contributed by atoms with Crippen LogP contribution in [-0.4, -0.2) is 30.1 Å². The quantitative estimate of drug-likeness (QED) is 0.850. The van der Waals surface area contributed by atoms with Crippen molar-refractivity contribution in [1.29, 1.82) is 0 Å². The molecule has 1 unspecified atom stereocenters. The summed E-state index contributed by atoms with van der Waals surface area (Å²) >= 11 is 0. The fourth-order valence-electron chi connectivity index (χ4n) is 1.72. The molecule has 1 heterocycles. The van der Waals surface area contributed by atoms with E-state index in [1.807, 2.05) is 30.3 Å². The number of ether oxygens (including phenoxy) is 1. The topological polar surface area (TPSA) is 58.6 Å². The van der Waals surface area contributed by atoms with Crippen molar-refractivity contribution in [3.05, 3.63) is 35.9 Å².